The third-order valence-electron chi connectivity index (χ3n) is 4.83. The predicted octanol–water partition coefficient (Wildman–Crippen LogP) is 4.66. The Balaban J connectivity index is 2.09. The second kappa shape index (κ2) is 6.11. The fraction of sp³-hybridized carbons (Fsp3) is 0.0952. The van der Waals surface area contributed by atoms with Gasteiger partial charge in [0.25, 0.3) is 0 Å². The van der Waals surface area contributed by atoms with Crippen molar-refractivity contribution in [3.8, 4) is 11.5 Å². The number of aryl methyl sites for hydroxylation is 1. The van der Waals surface area contributed by atoms with Crippen LogP contribution in [-0.2, 0) is 10.2 Å². The highest BCUT2D eigenvalue weighted by molar-refractivity contribution is 8.14. The highest BCUT2D eigenvalue weighted by Crippen LogP contribution is 2.54. The summed E-state index contributed by atoms with van der Waals surface area (Å²) in [7, 11) is 0. The molecule has 3 aromatic carbocycles. The van der Waals surface area contributed by atoms with Gasteiger partial charge in [0.1, 0.15) is 5.41 Å². The Morgan fingerprint density at radius 3 is 2.31 bits per heavy atom. The lowest BCUT2D eigenvalue weighted by Crippen LogP contribution is -2.33. The van der Waals surface area contributed by atoms with Crippen LogP contribution in [-0.4, -0.2) is 15.3 Å². The Kier molecular flexibility index (Phi) is 4.01. The van der Waals surface area contributed by atoms with Crippen LogP contribution in [0.15, 0.2) is 70.5 Å². The van der Waals surface area contributed by atoms with Crippen LogP contribution in [0.4, 0.5) is 0 Å². The van der Waals surface area contributed by atoms with E-state index in [4.69, 9.17) is 0 Å². The van der Waals surface area contributed by atoms with Crippen LogP contribution in [0.25, 0.3) is 0 Å². The molecule has 1 aliphatic heterocycles. The van der Waals surface area contributed by atoms with Gasteiger partial charge in [0.15, 0.2) is 11.5 Å². The van der Waals surface area contributed by atoms with Gasteiger partial charge in [-0.05, 0) is 65.2 Å². The van der Waals surface area contributed by atoms with Crippen LogP contribution in [0.1, 0.15) is 22.3 Å². The number of phenols is 2. The molecule has 1 heterocycles. The van der Waals surface area contributed by atoms with E-state index >= 15 is 0 Å². The molecule has 3 nitrogen and oxygen atoms in total. The molecular weight excluding hydrogens is 364 g/mol. The number of benzene rings is 3. The largest absolute Gasteiger partial charge is 0.504 e. The number of fused-ring (bicyclic) bond motifs is 1. The van der Waals surface area contributed by atoms with Gasteiger partial charge in [-0.25, -0.2) is 0 Å². The maximum Gasteiger partial charge on any atom is 0.213 e. The van der Waals surface area contributed by atoms with Gasteiger partial charge in [-0.15, -0.1) is 12.6 Å². The molecule has 0 fully saturated rings. The number of rotatable bonds is 2. The van der Waals surface area contributed by atoms with E-state index < -0.39 is 5.41 Å². The van der Waals surface area contributed by atoms with Crippen LogP contribution in [0.5, 0.6) is 11.5 Å². The summed E-state index contributed by atoms with van der Waals surface area (Å²) in [6, 6.07) is 18.0. The Morgan fingerprint density at radius 2 is 1.62 bits per heavy atom. The van der Waals surface area contributed by atoms with Crippen molar-refractivity contribution in [3.63, 3.8) is 0 Å². The summed E-state index contributed by atoms with van der Waals surface area (Å²) in [5.74, 6) is -0.455. The molecule has 0 aromatic heterocycles. The highest BCUT2D eigenvalue weighted by atomic mass is 32.2. The molecule has 1 unspecified atom stereocenters. The van der Waals surface area contributed by atoms with Gasteiger partial charge in [0, 0.05) is 9.79 Å². The predicted molar refractivity (Wildman–Crippen MR) is 105 cm³/mol. The Labute approximate surface area is 161 Å². The van der Waals surface area contributed by atoms with Gasteiger partial charge in [-0.3, -0.25) is 4.79 Å². The number of hydrogen-bond acceptors (Lipinski definition) is 5. The lowest BCUT2D eigenvalue weighted by atomic mass is 9.70. The van der Waals surface area contributed by atoms with Crippen molar-refractivity contribution in [1.29, 1.82) is 0 Å². The molecule has 0 saturated carbocycles. The molecule has 1 aliphatic rings. The standard InChI is InChI=1S/C21H16O3S2/c1-12-3-2-4-16-19(12)26-20(24)21(16,13-5-8-15(25)9-6-13)14-7-10-17(22)18(23)11-14/h2-11,22-23,25H,1H3. The smallest absolute Gasteiger partial charge is 0.213 e. The van der Waals surface area contributed by atoms with Crippen LogP contribution in [0.3, 0.4) is 0 Å². The maximum absolute atomic E-state index is 13.4. The number of phenolic OH excluding ortho intramolecular Hbond substituents is 2. The molecular formula is C21H16O3S2. The quantitative estimate of drug-likeness (QED) is 0.447. The number of carbonyl (C=O) groups is 1. The second-order valence-corrected chi connectivity index (χ2v) is 7.84. The average Bonchev–Trinajstić information content (AvgIpc) is 2.92. The molecule has 26 heavy (non-hydrogen) atoms. The average molecular weight is 380 g/mol. The van der Waals surface area contributed by atoms with E-state index in [2.05, 4.69) is 12.6 Å². The van der Waals surface area contributed by atoms with E-state index in [1.54, 1.807) is 6.07 Å². The number of aromatic hydroxyl groups is 2. The van der Waals surface area contributed by atoms with Crippen LogP contribution in [0.2, 0.25) is 0 Å². The molecule has 3 aromatic rings. The Bertz CT molecular complexity index is 1030. The first kappa shape index (κ1) is 17.1. The fourth-order valence-corrected chi connectivity index (χ4v) is 4.94. The topological polar surface area (TPSA) is 57.5 Å². The number of thioether (sulfide) groups is 1. The third kappa shape index (κ3) is 2.35. The molecule has 0 aliphatic carbocycles. The SMILES string of the molecule is Cc1cccc2c1SC(=O)C2(c1ccc(S)cc1)c1ccc(O)c(O)c1. The van der Waals surface area contributed by atoms with Crippen molar-refractivity contribution in [2.75, 3.05) is 0 Å². The Morgan fingerprint density at radius 1 is 0.923 bits per heavy atom. The third-order valence-corrected chi connectivity index (χ3v) is 6.36. The van der Waals surface area contributed by atoms with Crippen LogP contribution in [0, 0.1) is 6.92 Å². The van der Waals surface area contributed by atoms with E-state index in [-0.39, 0.29) is 16.6 Å². The summed E-state index contributed by atoms with van der Waals surface area (Å²) in [5, 5.41) is 19.8. The summed E-state index contributed by atoms with van der Waals surface area (Å²) in [4.78, 5) is 15.1. The van der Waals surface area contributed by atoms with E-state index in [1.165, 1.54) is 23.9 Å². The van der Waals surface area contributed by atoms with Gasteiger partial charge in [0.05, 0.1) is 0 Å². The number of thiol groups is 1. The first-order valence-corrected chi connectivity index (χ1v) is 9.35. The van der Waals surface area contributed by atoms with E-state index in [1.807, 2.05) is 49.4 Å². The van der Waals surface area contributed by atoms with Crippen molar-refractivity contribution in [3.05, 3.63) is 82.9 Å². The molecule has 1 atom stereocenters. The summed E-state index contributed by atoms with van der Waals surface area (Å²) in [6.07, 6.45) is 0. The van der Waals surface area contributed by atoms with Gasteiger partial charge >= 0.3 is 0 Å². The molecule has 4 rings (SSSR count). The van der Waals surface area contributed by atoms with Crippen molar-refractivity contribution in [2.24, 2.45) is 0 Å². The van der Waals surface area contributed by atoms with Gasteiger partial charge in [-0.1, -0.05) is 36.4 Å². The maximum atomic E-state index is 13.4. The molecule has 5 heteroatoms. The molecule has 0 bridgehead atoms. The summed E-state index contributed by atoms with van der Waals surface area (Å²) < 4.78 is 0. The number of hydrogen-bond donors (Lipinski definition) is 3. The lowest BCUT2D eigenvalue weighted by Gasteiger charge is -2.30. The van der Waals surface area contributed by atoms with Crippen LogP contribution < -0.4 is 0 Å². The van der Waals surface area contributed by atoms with Crippen molar-refractivity contribution < 1.29 is 15.0 Å². The lowest BCUT2D eigenvalue weighted by molar-refractivity contribution is -0.113. The zero-order valence-corrected chi connectivity index (χ0v) is 15.6. The van der Waals surface area contributed by atoms with Gasteiger partial charge in [-0.2, -0.15) is 0 Å². The zero-order valence-electron chi connectivity index (χ0n) is 13.9. The molecule has 130 valence electrons. The van der Waals surface area contributed by atoms with Crippen molar-refractivity contribution >= 4 is 29.5 Å². The highest BCUT2D eigenvalue weighted by Gasteiger charge is 2.50. The molecule has 0 spiro atoms. The van der Waals surface area contributed by atoms with Crippen molar-refractivity contribution in [2.45, 2.75) is 22.1 Å². The molecule has 0 amide bonds. The van der Waals surface area contributed by atoms with Gasteiger partial charge < -0.3 is 10.2 Å². The summed E-state index contributed by atoms with van der Waals surface area (Å²) in [5.41, 5.74) is 2.32. The summed E-state index contributed by atoms with van der Waals surface area (Å²) in [6.45, 7) is 1.99. The van der Waals surface area contributed by atoms with E-state index in [9.17, 15) is 15.0 Å². The molecule has 0 radical (unpaired) electrons. The minimum atomic E-state index is -1.04. The first-order valence-electron chi connectivity index (χ1n) is 8.09. The summed E-state index contributed by atoms with van der Waals surface area (Å²) >= 11 is 5.58. The zero-order chi connectivity index (χ0) is 18.5. The van der Waals surface area contributed by atoms with Crippen molar-refractivity contribution in [1.82, 2.24) is 0 Å². The second-order valence-electron chi connectivity index (χ2n) is 6.34. The normalized spacial score (nSPS) is 18.8. The monoisotopic (exact) mass is 380 g/mol. The van der Waals surface area contributed by atoms with E-state index in [0.717, 1.165) is 26.5 Å². The minimum absolute atomic E-state index is 0.0289. The first-order chi connectivity index (χ1) is 12.4. The molecule has 2 N–H and O–H groups in total. The molecule has 0 saturated heterocycles. The minimum Gasteiger partial charge on any atom is -0.504 e. The Hall–Kier alpha value is -2.37. The fourth-order valence-electron chi connectivity index (χ4n) is 3.54. The van der Waals surface area contributed by atoms with Crippen LogP contribution >= 0.6 is 24.4 Å². The van der Waals surface area contributed by atoms with Gasteiger partial charge in [0.2, 0.25) is 5.12 Å². The number of carbonyl (C=O) groups excluding carboxylic acids is 1. The van der Waals surface area contributed by atoms with E-state index in [0.29, 0.717) is 5.56 Å².